The van der Waals surface area contributed by atoms with Crippen LogP contribution in [0.25, 0.3) is 0 Å². The van der Waals surface area contributed by atoms with Crippen LogP contribution in [0.2, 0.25) is 0 Å². The molecule has 0 aliphatic heterocycles. The lowest BCUT2D eigenvalue weighted by Gasteiger charge is -2.18. The average Bonchev–Trinajstić information content (AvgIpc) is 3.25. The Hall–Kier alpha value is -1.59. The topological polar surface area (TPSA) is 78.9 Å². The van der Waals surface area contributed by atoms with Crippen molar-refractivity contribution in [2.24, 2.45) is 11.8 Å². The third-order valence-corrected chi connectivity index (χ3v) is 13.0. The number of rotatable bonds is 51. The number of carbonyl (C=O) groups excluding carboxylic acids is 3. The van der Waals surface area contributed by atoms with Crippen molar-refractivity contribution in [1.29, 1.82) is 0 Å². The van der Waals surface area contributed by atoms with Crippen LogP contribution in [0.1, 0.15) is 317 Å². The van der Waals surface area contributed by atoms with E-state index in [9.17, 15) is 14.4 Å². The van der Waals surface area contributed by atoms with E-state index in [1.54, 1.807) is 0 Å². The molecule has 6 nitrogen and oxygen atoms in total. The summed E-state index contributed by atoms with van der Waals surface area (Å²) >= 11 is 0. The summed E-state index contributed by atoms with van der Waals surface area (Å²) in [5, 5.41) is 0. The Balaban J connectivity index is 4.25. The summed E-state index contributed by atoms with van der Waals surface area (Å²) in [5.41, 5.74) is 0. The molecule has 0 spiro atoms. The zero-order valence-corrected chi connectivity index (χ0v) is 43.2. The molecule has 0 heterocycles. The first kappa shape index (κ1) is 61.4. The van der Waals surface area contributed by atoms with Crippen LogP contribution in [0.15, 0.2) is 0 Å². The molecule has 374 valence electrons. The van der Waals surface area contributed by atoms with Gasteiger partial charge in [-0.05, 0) is 31.1 Å². The van der Waals surface area contributed by atoms with Crippen LogP contribution in [0, 0.1) is 11.8 Å². The minimum absolute atomic E-state index is 0.0634. The second kappa shape index (κ2) is 49.8. The second-order valence-electron chi connectivity index (χ2n) is 20.5. The highest BCUT2D eigenvalue weighted by Crippen LogP contribution is 2.18. The van der Waals surface area contributed by atoms with Crippen molar-refractivity contribution in [3.05, 3.63) is 0 Å². The number of hydrogen-bond acceptors (Lipinski definition) is 6. The Bertz CT molecular complexity index is 962. The molecule has 0 radical (unpaired) electrons. The fraction of sp³-hybridized carbons (Fsp3) is 0.947. The smallest absolute Gasteiger partial charge is 0.306 e. The van der Waals surface area contributed by atoms with E-state index in [2.05, 4.69) is 34.6 Å². The Kier molecular flexibility index (Phi) is 48.6. The van der Waals surface area contributed by atoms with Gasteiger partial charge in [0.2, 0.25) is 0 Å². The van der Waals surface area contributed by atoms with Gasteiger partial charge in [-0.3, -0.25) is 14.4 Å². The van der Waals surface area contributed by atoms with E-state index in [4.69, 9.17) is 14.2 Å². The SMILES string of the molecule is CCCCCCCCCCCCCCCCCCCCCC(=O)OC[C@@H](COC(=O)CCCCCCCCCCCCCC(C)C)OC(=O)CCCCCCCCCCCC(C)C. The van der Waals surface area contributed by atoms with Crippen molar-refractivity contribution in [3.63, 3.8) is 0 Å². The monoisotopic (exact) mass is 891 g/mol. The molecule has 0 saturated carbocycles. The van der Waals surface area contributed by atoms with Gasteiger partial charge in [-0.25, -0.2) is 0 Å². The molecule has 0 bridgehead atoms. The molecule has 0 rings (SSSR count). The molecule has 0 N–H and O–H groups in total. The van der Waals surface area contributed by atoms with E-state index in [0.29, 0.717) is 19.3 Å². The quantitative estimate of drug-likeness (QED) is 0.0344. The first-order valence-electron chi connectivity index (χ1n) is 28.2. The van der Waals surface area contributed by atoms with Crippen LogP contribution in [0.3, 0.4) is 0 Å². The van der Waals surface area contributed by atoms with Gasteiger partial charge in [-0.1, -0.05) is 279 Å². The van der Waals surface area contributed by atoms with Gasteiger partial charge in [0, 0.05) is 19.3 Å². The molecule has 0 aliphatic carbocycles. The largest absolute Gasteiger partial charge is 0.462 e. The first-order valence-corrected chi connectivity index (χ1v) is 28.2. The van der Waals surface area contributed by atoms with Gasteiger partial charge in [0.15, 0.2) is 6.10 Å². The Labute approximate surface area is 393 Å². The summed E-state index contributed by atoms with van der Waals surface area (Å²) in [5.74, 6) is 0.788. The molecule has 0 amide bonds. The minimum Gasteiger partial charge on any atom is -0.462 e. The molecular formula is C57H110O6. The van der Waals surface area contributed by atoms with E-state index < -0.39 is 6.10 Å². The van der Waals surface area contributed by atoms with Crippen molar-refractivity contribution >= 4 is 17.9 Å². The van der Waals surface area contributed by atoms with Crippen molar-refractivity contribution < 1.29 is 28.6 Å². The fourth-order valence-corrected chi connectivity index (χ4v) is 8.70. The lowest BCUT2D eigenvalue weighted by Crippen LogP contribution is -2.30. The Morgan fingerprint density at radius 1 is 0.302 bits per heavy atom. The molecule has 0 fully saturated rings. The molecule has 0 aromatic carbocycles. The molecule has 0 aromatic rings. The summed E-state index contributed by atoms with van der Waals surface area (Å²) in [4.78, 5) is 38.1. The highest BCUT2D eigenvalue weighted by atomic mass is 16.6. The normalized spacial score (nSPS) is 12.0. The first-order chi connectivity index (χ1) is 30.7. The molecule has 6 heteroatoms. The molecule has 1 atom stereocenters. The molecule has 0 aliphatic rings. The van der Waals surface area contributed by atoms with Gasteiger partial charge >= 0.3 is 17.9 Å². The Morgan fingerprint density at radius 2 is 0.524 bits per heavy atom. The fourth-order valence-electron chi connectivity index (χ4n) is 8.70. The maximum absolute atomic E-state index is 12.8. The highest BCUT2D eigenvalue weighted by molar-refractivity contribution is 5.71. The zero-order valence-electron chi connectivity index (χ0n) is 43.2. The third-order valence-electron chi connectivity index (χ3n) is 13.0. The van der Waals surface area contributed by atoms with Gasteiger partial charge in [0.1, 0.15) is 13.2 Å². The van der Waals surface area contributed by atoms with Crippen LogP contribution < -0.4 is 0 Å². The van der Waals surface area contributed by atoms with E-state index >= 15 is 0 Å². The number of hydrogen-bond donors (Lipinski definition) is 0. The summed E-state index contributed by atoms with van der Waals surface area (Å²) < 4.78 is 16.9. The van der Waals surface area contributed by atoms with Crippen LogP contribution in [-0.4, -0.2) is 37.2 Å². The summed E-state index contributed by atoms with van der Waals surface area (Å²) in [6, 6.07) is 0. The van der Waals surface area contributed by atoms with E-state index in [1.165, 1.54) is 205 Å². The lowest BCUT2D eigenvalue weighted by atomic mass is 10.0. The third kappa shape index (κ3) is 51.3. The number of esters is 3. The van der Waals surface area contributed by atoms with Gasteiger partial charge < -0.3 is 14.2 Å². The lowest BCUT2D eigenvalue weighted by molar-refractivity contribution is -0.167. The molecular weight excluding hydrogens is 781 g/mol. The molecule has 0 saturated heterocycles. The van der Waals surface area contributed by atoms with Crippen molar-refractivity contribution in [1.82, 2.24) is 0 Å². The van der Waals surface area contributed by atoms with Crippen molar-refractivity contribution in [2.45, 2.75) is 323 Å². The van der Waals surface area contributed by atoms with Gasteiger partial charge in [0.05, 0.1) is 0 Å². The van der Waals surface area contributed by atoms with Crippen LogP contribution >= 0.6 is 0 Å². The van der Waals surface area contributed by atoms with Crippen LogP contribution in [-0.2, 0) is 28.6 Å². The summed E-state index contributed by atoms with van der Waals surface area (Å²) in [7, 11) is 0. The molecule has 0 unspecified atom stereocenters. The highest BCUT2D eigenvalue weighted by Gasteiger charge is 2.19. The van der Waals surface area contributed by atoms with E-state index in [-0.39, 0.29) is 31.1 Å². The molecule has 63 heavy (non-hydrogen) atoms. The number of ether oxygens (including phenoxy) is 3. The summed E-state index contributed by atoms with van der Waals surface area (Å²) in [6.07, 6.45) is 52.4. The predicted molar refractivity (Wildman–Crippen MR) is 270 cm³/mol. The molecule has 0 aromatic heterocycles. The van der Waals surface area contributed by atoms with Crippen molar-refractivity contribution in [2.75, 3.05) is 13.2 Å². The van der Waals surface area contributed by atoms with E-state index in [0.717, 1.165) is 69.6 Å². The minimum atomic E-state index is -0.763. The van der Waals surface area contributed by atoms with Crippen molar-refractivity contribution in [3.8, 4) is 0 Å². The average molecular weight is 892 g/mol. The maximum atomic E-state index is 12.8. The maximum Gasteiger partial charge on any atom is 0.306 e. The Morgan fingerprint density at radius 3 is 0.778 bits per heavy atom. The van der Waals surface area contributed by atoms with E-state index in [1.807, 2.05) is 0 Å². The van der Waals surface area contributed by atoms with Gasteiger partial charge in [0.25, 0.3) is 0 Å². The standard InChI is InChI=1S/C57H110O6/c1-6-7-8-9-10-11-12-13-14-15-16-17-18-19-22-27-32-37-42-47-55(58)61-50-54(63-57(60)49-44-39-34-29-24-26-31-36-41-46-53(4)5)51-62-56(59)48-43-38-33-28-23-20-21-25-30-35-40-45-52(2)3/h52-54H,6-51H2,1-5H3/t54-/m0/s1. The van der Waals surface area contributed by atoms with Crippen LogP contribution in [0.4, 0.5) is 0 Å². The van der Waals surface area contributed by atoms with Crippen LogP contribution in [0.5, 0.6) is 0 Å². The van der Waals surface area contributed by atoms with Gasteiger partial charge in [-0.2, -0.15) is 0 Å². The van der Waals surface area contributed by atoms with Gasteiger partial charge in [-0.15, -0.1) is 0 Å². The summed E-state index contributed by atoms with van der Waals surface area (Å²) in [6.45, 7) is 11.4. The number of unbranched alkanes of at least 4 members (excludes halogenated alkanes) is 36. The predicted octanol–water partition coefficient (Wildman–Crippen LogP) is 18.5. The second-order valence-corrected chi connectivity index (χ2v) is 20.5. The number of carbonyl (C=O) groups is 3. The zero-order chi connectivity index (χ0) is 46.1.